The number of hydrogen-bond donors (Lipinski definition) is 1. The zero-order chi connectivity index (χ0) is 12.6. The summed E-state index contributed by atoms with van der Waals surface area (Å²) in [5, 5.41) is 9.55. The molecule has 1 N–H and O–H groups in total. The van der Waals surface area contributed by atoms with E-state index in [4.69, 9.17) is 13.6 Å². The summed E-state index contributed by atoms with van der Waals surface area (Å²) >= 11 is 0. The van der Waals surface area contributed by atoms with Gasteiger partial charge in [-0.1, -0.05) is 13.8 Å². The zero-order valence-electron chi connectivity index (χ0n) is 11.2. The van der Waals surface area contributed by atoms with Gasteiger partial charge in [-0.3, -0.25) is 0 Å². The SMILES string of the molecule is CCO[Si](C)(OCC)C(CC)OC(O)CC. The standard InChI is InChI=1S/C11H26O4Si/c1-6-10(12)15-11(7-2)16(5,13-8-3)14-9-4/h10-12H,6-9H2,1-5H3. The van der Waals surface area contributed by atoms with Crippen LogP contribution in [0.25, 0.3) is 0 Å². The predicted octanol–water partition coefficient (Wildman–Crippen LogP) is 2.19. The zero-order valence-corrected chi connectivity index (χ0v) is 12.2. The summed E-state index contributed by atoms with van der Waals surface area (Å²) < 4.78 is 17.1. The Morgan fingerprint density at radius 3 is 1.81 bits per heavy atom. The van der Waals surface area contributed by atoms with E-state index in [-0.39, 0.29) is 5.73 Å². The topological polar surface area (TPSA) is 47.9 Å². The largest absolute Gasteiger partial charge is 0.393 e. The molecule has 0 aliphatic carbocycles. The highest BCUT2D eigenvalue weighted by molar-refractivity contribution is 6.67. The summed E-state index contributed by atoms with van der Waals surface area (Å²) in [5.41, 5.74) is -0.123. The summed E-state index contributed by atoms with van der Waals surface area (Å²) in [6, 6.07) is 0. The molecule has 4 nitrogen and oxygen atoms in total. The van der Waals surface area contributed by atoms with Crippen LogP contribution in [-0.2, 0) is 13.6 Å². The molecule has 0 saturated carbocycles. The van der Waals surface area contributed by atoms with E-state index in [1.54, 1.807) is 0 Å². The average molecular weight is 250 g/mol. The first-order chi connectivity index (χ1) is 7.53. The summed E-state index contributed by atoms with van der Waals surface area (Å²) in [6.07, 6.45) is 0.650. The van der Waals surface area contributed by atoms with Crippen molar-refractivity contribution >= 4 is 8.56 Å². The first kappa shape index (κ1) is 16.1. The molecule has 0 aromatic rings. The van der Waals surface area contributed by atoms with Gasteiger partial charge in [0.05, 0.1) is 0 Å². The van der Waals surface area contributed by atoms with Gasteiger partial charge < -0.3 is 18.7 Å². The lowest BCUT2D eigenvalue weighted by molar-refractivity contribution is -0.127. The van der Waals surface area contributed by atoms with E-state index < -0.39 is 14.9 Å². The maximum absolute atomic E-state index is 9.55. The van der Waals surface area contributed by atoms with Crippen LogP contribution in [-0.4, -0.2) is 38.9 Å². The molecule has 0 saturated heterocycles. The number of hydrogen-bond acceptors (Lipinski definition) is 4. The molecule has 0 aromatic heterocycles. The fourth-order valence-corrected chi connectivity index (χ4v) is 4.42. The number of ether oxygens (including phenoxy) is 1. The minimum Gasteiger partial charge on any atom is -0.393 e. The lowest BCUT2D eigenvalue weighted by Crippen LogP contribution is -2.53. The third kappa shape index (κ3) is 4.93. The van der Waals surface area contributed by atoms with Gasteiger partial charge in [-0.25, -0.2) is 0 Å². The van der Waals surface area contributed by atoms with E-state index in [9.17, 15) is 5.11 Å². The van der Waals surface area contributed by atoms with Gasteiger partial charge in [0.2, 0.25) is 0 Å². The van der Waals surface area contributed by atoms with Crippen LogP contribution in [0.4, 0.5) is 0 Å². The fourth-order valence-electron chi connectivity index (χ4n) is 1.68. The first-order valence-electron chi connectivity index (χ1n) is 6.15. The van der Waals surface area contributed by atoms with E-state index in [1.165, 1.54) is 0 Å². The lowest BCUT2D eigenvalue weighted by Gasteiger charge is -2.34. The fraction of sp³-hybridized carbons (Fsp3) is 1.00. The highest BCUT2D eigenvalue weighted by Gasteiger charge is 2.41. The van der Waals surface area contributed by atoms with Crippen molar-refractivity contribution in [1.29, 1.82) is 0 Å². The quantitative estimate of drug-likeness (QED) is 0.503. The van der Waals surface area contributed by atoms with Crippen molar-refractivity contribution in [3.63, 3.8) is 0 Å². The van der Waals surface area contributed by atoms with Crippen molar-refractivity contribution in [3.8, 4) is 0 Å². The predicted molar refractivity (Wildman–Crippen MR) is 66.3 cm³/mol. The molecule has 0 spiro atoms. The Labute approximate surface area is 100 Å². The van der Waals surface area contributed by atoms with Gasteiger partial charge in [-0.15, -0.1) is 0 Å². The van der Waals surface area contributed by atoms with E-state index in [0.29, 0.717) is 19.6 Å². The molecule has 0 aliphatic rings. The van der Waals surface area contributed by atoms with Gasteiger partial charge in [-0.05, 0) is 33.2 Å². The number of aliphatic hydroxyl groups is 1. The molecule has 0 amide bonds. The van der Waals surface area contributed by atoms with Gasteiger partial charge in [0.1, 0.15) is 5.73 Å². The van der Waals surface area contributed by atoms with Crippen LogP contribution in [0.15, 0.2) is 0 Å². The van der Waals surface area contributed by atoms with Crippen molar-refractivity contribution in [1.82, 2.24) is 0 Å². The van der Waals surface area contributed by atoms with E-state index in [2.05, 4.69) is 0 Å². The summed E-state index contributed by atoms with van der Waals surface area (Å²) in [5.74, 6) is 0. The van der Waals surface area contributed by atoms with Crippen LogP contribution in [0.3, 0.4) is 0 Å². The molecule has 0 rings (SSSR count). The second kappa shape index (κ2) is 8.19. The van der Waals surface area contributed by atoms with Crippen LogP contribution in [0.1, 0.15) is 40.5 Å². The van der Waals surface area contributed by atoms with Gasteiger partial charge >= 0.3 is 8.56 Å². The van der Waals surface area contributed by atoms with E-state index >= 15 is 0 Å². The third-order valence-corrected chi connectivity index (χ3v) is 5.93. The van der Waals surface area contributed by atoms with E-state index in [0.717, 1.165) is 6.42 Å². The van der Waals surface area contributed by atoms with Gasteiger partial charge in [0.25, 0.3) is 0 Å². The smallest absolute Gasteiger partial charge is 0.364 e. The molecule has 0 aliphatic heterocycles. The highest BCUT2D eigenvalue weighted by atomic mass is 28.4. The molecule has 2 unspecified atom stereocenters. The van der Waals surface area contributed by atoms with Crippen LogP contribution in [0.5, 0.6) is 0 Å². The van der Waals surface area contributed by atoms with Crippen LogP contribution in [0, 0.1) is 0 Å². The second-order valence-electron chi connectivity index (χ2n) is 3.78. The van der Waals surface area contributed by atoms with Gasteiger partial charge in [0.15, 0.2) is 6.29 Å². The summed E-state index contributed by atoms with van der Waals surface area (Å²) in [7, 11) is -2.34. The molecule has 0 aromatic carbocycles. The second-order valence-corrected chi connectivity index (χ2v) is 7.03. The lowest BCUT2D eigenvalue weighted by atomic mass is 10.4. The Morgan fingerprint density at radius 1 is 1.00 bits per heavy atom. The van der Waals surface area contributed by atoms with Crippen molar-refractivity contribution in [3.05, 3.63) is 0 Å². The van der Waals surface area contributed by atoms with Crippen molar-refractivity contribution < 1.29 is 18.7 Å². The van der Waals surface area contributed by atoms with Gasteiger partial charge in [-0.2, -0.15) is 0 Å². The van der Waals surface area contributed by atoms with Crippen LogP contribution < -0.4 is 0 Å². The maximum Gasteiger partial charge on any atom is 0.364 e. The Balaban J connectivity index is 4.56. The number of aliphatic hydroxyl groups excluding tert-OH is 1. The monoisotopic (exact) mass is 250 g/mol. The molecule has 0 fully saturated rings. The third-order valence-electron chi connectivity index (χ3n) is 2.49. The summed E-state index contributed by atoms with van der Waals surface area (Å²) in [4.78, 5) is 0. The average Bonchev–Trinajstić information content (AvgIpc) is 2.25. The van der Waals surface area contributed by atoms with Crippen LogP contribution >= 0.6 is 0 Å². The highest BCUT2D eigenvalue weighted by Crippen LogP contribution is 2.20. The van der Waals surface area contributed by atoms with Crippen molar-refractivity contribution in [2.75, 3.05) is 13.2 Å². The van der Waals surface area contributed by atoms with E-state index in [1.807, 2.05) is 34.2 Å². The molecule has 0 heterocycles. The van der Waals surface area contributed by atoms with Crippen LogP contribution in [0.2, 0.25) is 6.55 Å². The first-order valence-corrected chi connectivity index (χ1v) is 8.54. The molecule has 5 heteroatoms. The van der Waals surface area contributed by atoms with Crippen molar-refractivity contribution in [2.45, 2.75) is 59.1 Å². The maximum atomic E-state index is 9.55. The Hall–Kier alpha value is 0.0569. The summed E-state index contributed by atoms with van der Waals surface area (Å²) in [6.45, 7) is 11.0. The molecular formula is C11H26O4Si. The minimum absolute atomic E-state index is 0.123. The molecule has 0 bridgehead atoms. The van der Waals surface area contributed by atoms with Gasteiger partial charge in [0, 0.05) is 13.2 Å². The molecular weight excluding hydrogens is 224 g/mol. The molecule has 2 atom stereocenters. The molecule has 16 heavy (non-hydrogen) atoms. The normalized spacial score (nSPS) is 16.1. The number of rotatable bonds is 9. The Kier molecular flexibility index (Phi) is 8.22. The van der Waals surface area contributed by atoms with Crippen molar-refractivity contribution in [2.24, 2.45) is 0 Å². The molecule has 98 valence electrons. The molecule has 0 radical (unpaired) electrons. The Morgan fingerprint density at radius 2 is 1.50 bits per heavy atom. The minimum atomic E-state index is -2.34. The Bertz CT molecular complexity index is 171.